The van der Waals surface area contributed by atoms with E-state index >= 15 is 0 Å². The van der Waals surface area contributed by atoms with Crippen molar-refractivity contribution in [2.24, 2.45) is 0 Å². The molecule has 0 aromatic carbocycles. The fourth-order valence-electron chi connectivity index (χ4n) is 2.07. The molecule has 1 N–H and O–H groups in total. The van der Waals surface area contributed by atoms with Crippen LogP contribution in [0.25, 0.3) is 0 Å². The van der Waals surface area contributed by atoms with Crippen molar-refractivity contribution in [3.63, 3.8) is 0 Å². The van der Waals surface area contributed by atoms with Crippen LogP contribution in [0.4, 0.5) is 0 Å². The first-order valence-corrected chi connectivity index (χ1v) is 6.94. The summed E-state index contributed by atoms with van der Waals surface area (Å²) in [6, 6.07) is 2.54. The maximum absolute atomic E-state index is 11.9. The predicted molar refractivity (Wildman–Crippen MR) is 78.6 cm³/mol. The van der Waals surface area contributed by atoms with E-state index in [2.05, 4.69) is 42.9 Å². The Kier molecular flexibility index (Phi) is 6.25. The number of halogens is 1. The molecule has 0 atom stereocenters. The Morgan fingerprint density at radius 3 is 2.53 bits per heavy atom. The molecule has 0 aliphatic carbocycles. The molecule has 0 bridgehead atoms. The van der Waals surface area contributed by atoms with E-state index in [1.54, 1.807) is 12.3 Å². The van der Waals surface area contributed by atoms with Crippen LogP contribution in [0, 0.1) is 0 Å². The lowest BCUT2D eigenvalue weighted by Gasteiger charge is -2.30. The van der Waals surface area contributed by atoms with Gasteiger partial charge in [-0.05, 0) is 33.8 Å². The Bertz CT molecular complexity index is 413. The van der Waals surface area contributed by atoms with Crippen LogP contribution in [0.5, 0.6) is 0 Å². The lowest BCUT2D eigenvalue weighted by atomic mass is 10.2. The molecule has 4 nitrogen and oxygen atoms in total. The highest BCUT2D eigenvalue weighted by atomic mass is 35.5. The van der Waals surface area contributed by atoms with E-state index in [9.17, 15) is 4.79 Å². The average Bonchev–Trinajstić information content (AvgIpc) is 2.33. The highest BCUT2D eigenvalue weighted by Crippen LogP contribution is 2.12. The van der Waals surface area contributed by atoms with Gasteiger partial charge in [-0.3, -0.25) is 14.7 Å². The van der Waals surface area contributed by atoms with Crippen LogP contribution in [0.1, 0.15) is 38.1 Å². The lowest BCUT2D eigenvalue weighted by molar-refractivity contribution is 0.0939. The second kappa shape index (κ2) is 7.46. The van der Waals surface area contributed by atoms with Gasteiger partial charge in [0.2, 0.25) is 0 Å². The monoisotopic (exact) mass is 283 g/mol. The molecule has 1 amide bonds. The van der Waals surface area contributed by atoms with Crippen LogP contribution in [-0.4, -0.2) is 41.0 Å². The van der Waals surface area contributed by atoms with Gasteiger partial charge in [0.25, 0.3) is 5.91 Å². The zero-order valence-corrected chi connectivity index (χ0v) is 12.7. The number of aromatic nitrogens is 1. The molecular formula is C14H22ClN3O. The molecule has 1 aromatic heterocycles. The van der Waals surface area contributed by atoms with Crippen molar-refractivity contribution in [3.8, 4) is 0 Å². The Balaban J connectivity index is 2.49. The summed E-state index contributed by atoms with van der Waals surface area (Å²) in [5.74, 6) is -0.153. The molecule has 0 unspecified atom stereocenters. The van der Waals surface area contributed by atoms with Crippen molar-refractivity contribution >= 4 is 17.5 Å². The van der Waals surface area contributed by atoms with Gasteiger partial charge in [0.05, 0.1) is 10.6 Å². The first-order chi connectivity index (χ1) is 8.93. The molecule has 0 spiro atoms. The Hall–Kier alpha value is -1.13. The number of carbonyl (C=O) groups is 1. The fourth-order valence-corrected chi connectivity index (χ4v) is 2.27. The van der Waals surface area contributed by atoms with Gasteiger partial charge in [-0.15, -0.1) is 0 Å². The number of hydrogen-bond acceptors (Lipinski definition) is 3. The molecule has 5 heteroatoms. The zero-order valence-electron chi connectivity index (χ0n) is 12.0. The lowest BCUT2D eigenvalue weighted by Crippen LogP contribution is -2.42. The number of rotatable bonds is 6. The summed E-state index contributed by atoms with van der Waals surface area (Å²) in [6.07, 6.45) is 3.04. The summed E-state index contributed by atoms with van der Waals surface area (Å²) in [5, 5.41) is 3.27. The van der Waals surface area contributed by atoms with E-state index in [1.165, 1.54) is 6.20 Å². The number of carbonyl (C=O) groups excluding carboxylic acids is 1. The largest absolute Gasteiger partial charge is 0.351 e. The minimum Gasteiger partial charge on any atom is -0.351 e. The highest BCUT2D eigenvalue weighted by molar-refractivity contribution is 6.33. The first-order valence-electron chi connectivity index (χ1n) is 6.57. The number of hydrogen-bond donors (Lipinski definition) is 1. The Labute approximate surface area is 120 Å². The van der Waals surface area contributed by atoms with Crippen LogP contribution in [0.15, 0.2) is 18.5 Å². The molecule has 1 rings (SSSR count). The molecule has 0 saturated heterocycles. The van der Waals surface area contributed by atoms with Gasteiger partial charge in [-0.1, -0.05) is 11.6 Å². The van der Waals surface area contributed by atoms with Gasteiger partial charge in [0.1, 0.15) is 0 Å². The molecule has 0 saturated carbocycles. The molecule has 0 fully saturated rings. The number of pyridine rings is 1. The van der Waals surface area contributed by atoms with Crippen molar-refractivity contribution in [3.05, 3.63) is 29.0 Å². The molecule has 19 heavy (non-hydrogen) atoms. The molecule has 0 aliphatic heterocycles. The normalized spacial score (nSPS) is 11.4. The van der Waals surface area contributed by atoms with Crippen LogP contribution >= 0.6 is 11.6 Å². The van der Waals surface area contributed by atoms with Gasteiger partial charge < -0.3 is 5.32 Å². The van der Waals surface area contributed by atoms with E-state index < -0.39 is 0 Å². The molecule has 1 heterocycles. The van der Waals surface area contributed by atoms with Crippen molar-refractivity contribution < 1.29 is 4.79 Å². The van der Waals surface area contributed by atoms with Crippen molar-refractivity contribution in [2.45, 2.75) is 39.8 Å². The Morgan fingerprint density at radius 1 is 1.37 bits per heavy atom. The number of amides is 1. The van der Waals surface area contributed by atoms with Crippen molar-refractivity contribution in [2.75, 3.05) is 13.1 Å². The average molecular weight is 284 g/mol. The van der Waals surface area contributed by atoms with E-state index in [0.717, 1.165) is 6.54 Å². The van der Waals surface area contributed by atoms with Crippen molar-refractivity contribution in [1.82, 2.24) is 15.2 Å². The standard InChI is InChI=1S/C14H22ClN3O/c1-10(2)18(11(3)4)8-7-17-14(19)12-5-6-16-9-13(12)15/h5-6,9-11H,7-8H2,1-4H3,(H,17,19). The van der Waals surface area contributed by atoms with Crippen LogP contribution < -0.4 is 5.32 Å². The smallest absolute Gasteiger partial charge is 0.252 e. The van der Waals surface area contributed by atoms with Gasteiger partial charge in [-0.2, -0.15) is 0 Å². The first kappa shape index (κ1) is 15.9. The highest BCUT2D eigenvalue weighted by Gasteiger charge is 2.14. The molecular weight excluding hydrogens is 262 g/mol. The summed E-state index contributed by atoms with van der Waals surface area (Å²) in [4.78, 5) is 18.1. The zero-order chi connectivity index (χ0) is 14.4. The number of nitrogens with one attached hydrogen (secondary N) is 1. The van der Waals surface area contributed by atoms with Crippen LogP contribution in [-0.2, 0) is 0 Å². The summed E-state index contributed by atoms with van der Waals surface area (Å²) in [7, 11) is 0. The van der Waals surface area contributed by atoms with Crippen LogP contribution in [0.2, 0.25) is 5.02 Å². The molecule has 0 radical (unpaired) electrons. The van der Waals surface area contributed by atoms with Gasteiger partial charge in [0.15, 0.2) is 0 Å². The fraction of sp³-hybridized carbons (Fsp3) is 0.571. The quantitative estimate of drug-likeness (QED) is 0.873. The maximum Gasteiger partial charge on any atom is 0.252 e. The maximum atomic E-state index is 11.9. The van der Waals surface area contributed by atoms with Gasteiger partial charge in [-0.25, -0.2) is 0 Å². The van der Waals surface area contributed by atoms with Crippen LogP contribution in [0.3, 0.4) is 0 Å². The van der Waals surface area contributed by atoms with Gasteiger partial charge in [0, 0.05) is 37.6 Å². The third-order valence-electron chi connectivity index (χ3n) is 3.00. The summed E-state index contributed by atoms with van der Waals surface area (Å²) in [6.45, 7) is 10.0. The van der Waals surface area contributed by atoms with E-state index in [4.69, 9.17) is 11.6 Å². The summed E-state index contributed by atoms with van der Waals surface area (Å²) < 4.78 is 0. The van der Waals surface area contributed by atoms with E-state index in [1.807, 2.05) is 0 Å². The minimum absolute atomic E-state index is 0.153. The van der Waals surface area contributed by atoms with E-state index in [0.29, 0.717) is 29.2 Å². The number of nitrogens with zero attached hydrogens (tertiary/aromatic N) is 2. The summed E-state index contributed by atoms with van der Waals surface area (Å²) in [5.41, 5.74) is 0.470. The molecule has 106 valence electrons. The third kappa shape index (κ3) is 4.80. The minimum atomic E-state index is -0.153. The second-order valence-electron chi connectivity index (χ2n) is 5.04. The van der Waals surface area contributed by atoms with E-state index in [-0.39, 0.29) is 5.91 Å². The molecule has 1 aromatic rings. The topological polar surface area (TPSA) is 45.2 Å². The predicted octanol–water partition coefficient (Wildman–Crippen LogP) is 2.58. The third-order valence-corrected chi connectivity index (χ3v) is 3.30. The van der Waals surface area contributed by atoms with Gasteiger partial charge >= 0.3 is 0 Å². The SMILES string of the molecule is CC(C)N(CCNC(=O)c1ccncc1Cl)C(C)C. The summed E-state index contributed by atoms with van der Waals surface area (Å²) >= 11 is 5.93. The molecule has 0 aliphatic rings. The van der Waals surface area contributed by atoms with Crippen molar-refractivity contribution in [1.29, 1.82) is 0 Å². The second-order valence-corrected chi connectivity index (χ2v) is 5.44. The Morgan fingerprint density at radius 2 is 2.00 bits per heavy atom.